The molecule has 120 valence electrons. The number of alkyl halides is 1. The summed E-state index contributed by atoms with van der Waals surface area (Å²) >= 11 is 2.25. The van der Waals surface area contributed by atoms with Crippen LogP contribution >= 0.6 is 22.6 Å². The average molecular weight is 419 g/mol. The zero-order valence-corrected chi connectivity index (χ0v) is 15.6. The number of benzene rings is 2. The molecule has 0 fully saturated rings. The van der Waals surface area contributed by atoms with E-state index >= 15 is 0 Å². The van der Waals surface area contributed by atoms with Crippen LogP contribution in [0, 0.1) is 0 Å². The Balaban J connectivity index is 2.07. The SMILES string of the molecule is C=C(C)CN(Cc1ccccc1)C(=O)C(I)Cc1ccccc1. The Labute approximate surface area is 152 Å². The summed E-state index contributed by atoms with van der Waals surface area (Å²) < 4.78 is -0.0712. The molecule has 2 aromatic carbocycles. The van der Waals surface area contributed by atoms with Gasteiger partial charge in [0, 0.05) is 13.1 Å². The van der Waals surface area contributed by atoms with E-state index in [1.807, 2.05) is 48.2 Å². The molecule has 0 aliphatic carbocycles. The molecular weight excluding hydrogens is 397 g/mol. The van der Waals surface area contributed by atoms with Gasteiger partial charge in [-0.2, -0.15) is 0 Å². The van der Waals surface area contributed by atoms with Crippen molar-refractivity contribution in [3.05, 3.63) is 83.9 Å². The van der Waals surface area contributed by atoms with Gasteiger partial charge in [0.1, 0.15) is 0 Å². The maximum atomic E-state index is 12.9. The number of amides is 1. The van der Waals surface area contributed by atoms with Crippen molar-refractivity contribution >= 4 is 28.5 Å². The number of rotatable bonds is 7. The number of carbonyl (C=O) groups is 1. The Kier molecular flexibility index (Phi) is 6.84. The molecule has 2 rings (SSSR count). The minimum atomic E-state index is -0.0712. The molecule has 0 saturated carbocycles. The molecule has 0 aromatic heterocycles. The fourth-order valence-electron chi connectivity index (χ4n) is 2.45. The van der Waals surface area contributed by atoms with Crippen LogP contribution in [0.2, 0.25) is 0 Å². The minimum Gasteiger partial charge on any atom is -0.333 e. The van der Waals surface area contributed by atoms with Crippen LogP contribution in [0.4, 0.5) is 0 Å². The van der Waals surface area contributed by atoms with E-state index in [-0.39, 0.29) is 9.83 Å². The monoisotopic (exact) mass is 419 g/mol. The number of halogens is 1. The molecule has 0 bridgehead atoms. The second-order valence-corrected chi connectivity index (χ2v) is 7.30. The Morgan fingerprint density at radius 2 is 1.57 bits per heavy atom. The van der Waals surface area contributed by atoms with Gasteiger partial charge in [0.15, 0.2) is 0 Å². The summed E-state index contributed by atoms with van der Waals surface area (Å²) in [5.74, 6) is 0.168. The van der Waals surface area contributed by atoms with Crippen molar-refractivity contribution in [3.8, 4) is 0 Å². The number of hydrogen-bond acceptors (Lipinski definition) is 1. The Bertz CT molecular complexity index is 639. The van der Waals surface area contributed by atoms with E-state index in [0.717, 1.165) is 17.6 Å². The summed E-state index contributed by atoms with van der Waals surface area (Å²) in [4.78, 5) is 14.8. The number of carbonyl (C=O) groups excluding carboxylic acids is 1. The first-order chi connectivity index (χ1) is 11.1. The van der Waals surface area contributed by atoms with Crippen LogP contribution in [0.3, 0.4) is 0 Å². The van der Waals surface area contributed by atoms with Gasteiger partial charge in [-0.25, -0.2) is 0 Å². The standard InChI is InChI=1S/C20H22INO/c1-16(2)14-22(15-18-11-7-4-8-12-18)20(23)19(21)13-17-9-5-3-6-10-17/h3-12,19H,1,13-15H2,2H3. The van der Waals surface area contributed by atoms with Gasteiger partial charge in [0.05, 0.1) is 3.92 Å². The molecule has 2 nitrogen and oxygen atoms in total. The Hall–Kier alpha value is -1.62. The topological polar surface area (TPSA) is 20.3 Å². The lowest BCUT2D eigenvalue weighted by Crippen LogP contribution is -2.38. The molecule has 0 radical (unpaired) electrons. The molecule has 0 spiro atoms. The minimum absolute atomic E-state index is 0.0712. The first-order valence-corrected chi connectivity index (χ1v) is 8.96. The summed E-state index contributed by atoms with van der Waals surface area (Å²) in [6, 6.07) is 20.3. The molecule has 0 saturated heterocycles. The quantitative estimate of drug-likeness (QED) is 0.364. The predicted octanol–water partition coefficient (Wildman–Crippen LogP) is 4.64. The number of nitrogens with zero attached hydrogens (tertiary/aromatic N) is 1. The van der Waals surface area contributed by atoms with Gasteiger partial charge in [0.2, 0.25) is 5.91 Å². The zero-order chi connectivity index (χ0) is 16.7. The first kappa shape index (κ1) is 17.7. The van der Waals surface area contributed by atoms with Crippen LogP contribution in [0.5, 0.6) is 0 Å². The summed E-state index contributed by atoms with van der Waals surface area (Å²) in [5, 5.41) is 0. The van der Waals surface area contributed by atoms with Crippen LogP contribution < -0.4 is 0 Å². The van der Waals surface area contributed by atoms with Crippen molar-refractivity contribution in [2.45, 2.75) is 23.8 Å². The Morgan fingerprint density at radius 3 is 2.09 bits per heavy atom. The molecule has 1 atom stereocenters. The van der Waals surface area contributed by atoms with Crippen molar-refractivity contribution in [3.63, 3.8) is 0 Å². The van der Waals surface area contributed by atoms with E-state index in [1.165, 1.54) is 5.56 Å². The summed E-state index contributed by atoms with van der Waals surface area (Å²) in [7, 11) is 0. The lowest BCUT2D eigenvalue weighted by Gasteiger charge is -2.25. The van der Waals surface area contributed by atoms with Crippen LogP contribution in [0.25, 0.3) is 0 Å². The van der Waals surface area contributed by atoms with Crippen molar-refractivity contribution in [2.24, 2.45) is 0 Å². The van der Waals surface area contributed by atoms with E-state index in [1.54, 1.807) is 0 Å². The van der Waals surface area contributed by atoms with Gasteiger partial charge in [-0.3, -0.25) is 4.79 Å². The molecule has 0 N–H and O–H groups in total. The summed E-state index contributed by atoms with van der Waals surface area (Å²) in [6.07, 6.45) is 0.752. The molecule has 0 aliphatic heterocycles. The van der Waals surface area contributed by atoms with Crippen LogP contribution in [-0.2, 0) is 17.8 Å². The molecule has 1 unspecified atom stereocenters. The van der Waals surface area contributed by atoms with Gasteiger partial charge >= 0.3 is 0 Å². The summed E-state index contributed by atoms with van der Waals surface area (Å²) in [6.45, 7) is 7.15. The third-order valence-electron chi connectivity index (χ3n) is 3.51. The van der Waals surface area contributed by atoms with E-state index < -0.39 is 0 Å². The maximum Gasteiger partial charge on any atom is 0.236 e. The van der Waals surface area contributed by atoms with Gasteiger partial charge in [-0.1, -0.05) is 95.4 Å². The number of hydrogen-bond donors (Lipinski definition) is 0. The normalized spacial score (nSPS) is 11.7. The van der Waals surface area contributed by atoms with E-state index in [4.69, 9.17) is 0 Å². The highest BCUT2D eigenvalue weighted by atomic mass is 127. The van der Waals surface area contributed by atoms with Gasteiger partial charge < -0.3 is 4.90 Å². The van der Waals surface area contributed by atoms with E-state index in [9.17, 15) is 4.79 Å². The van der Waals surface area contributed by atoms with E-state index in [0.29, 0.717) is 13.1 Å². The second-order valence-electron chi connectivity index (χ2n) is 5.79. The molecule has 1 amide bonds. The molecular formula is C20H22INO. The maximum absolute atomic E-state index is 12.9. The third-order valence-corrected chi connectivity index (χ3v) is 4.49. The van der Waals surface area contributed by atoms with Crippen molar-refractivity contribution in [2.75, 3.05) is 6.54 Å². The van der Waals surface area contributed by atoms with Crippen molar-refractivity contribution in [1.29, 1.82) is 0 Å². The van der Waals surface area contributed by atoms with Gasteiger partial charge in [0.25, 0.3) is 0 Å². The predicted molar refractivity (Wildman–Crippen MR) is 105 cm³/mol. The molecule has 0 aliphatic rings. The fraction of sp³-hybridized carbons (Fsp3) is 0.250. The van der Waals surface area contributed by atoms with Crippen molar-refractivity contribution < 1.29 is 4.79 Å². The smallest absolute Gasteiger partial charge is 0.236 e. The van der Waals surface area contributed by atoms with Gasteiger partial charge in [-0.15, -0.1) is 0 Å². The fourth-order valence-corrected chi connectivity index (χ4v) is 3.35. The molecule has 23 heavy (non-hydrogen) atoms. The van der Waals surface area contributed by atoms with Crippen LogP contribution in [0.1, 0.15) is 18.1 Å². The first-order valence-electron chi connectivity index (χ1n) is 7.71. The second kappa shape index (κ2) is 8.87. The highest BCUT2D eigenvalue weighted by Crippen LogP contribution is 2.16. The Morgan fingerprint density at radius 1 is 1.04 bits per heavy atom. The summed E-state index contributed by atoms with van der Waals surface area (Å²) in [5.41, 5.74) is 3.33. The molecule has 3 heteroatoms. The zero-order valence-electron chi connectivity index (χ0n) is 13.4. The lowest BCUT2D eigenvalue weighted by atomic mass is 10.1. The highest BCUT2D eigenvalue weighted by molar-refractivity contribution is 14.1. The van der Waals surface area contributed by atoms with Crippen molar-refractivity contribution in [1.82, 2.24) is 4.90 Å². The third kappa shape index (κ3) is 5.82. The van der Waals surface area contributed by atoms with Crippen LogP contribution in [-0.4, -0.2) is 21.3 Å². The van der Waals surface area contributed by atoms with Gasteiger partial charge in [-0.05, 0) is 24.5 Å². The lowest BCUT2D eigenvalue weighted by molar-refractivity contribution is -0.130. The van der Waals surface area contributed by atoms with E-state index in [2.05, 4.69) is 53.4 Å². The molecule has 0 heterocycles. The highest BCUT2D eigenvalue weighted by Gasteiger charge is 2.22. The molecule has 2 aromatic rings. The average Bonchev–Trinajstić information content (AvgIpc) is 2.55. The largest absolute Gasteiger partial charge is 0.333 e. The van der Waals surface area contributed by atoms with Crippen LogP contribution in [0.15, 0.2) is 72.8 Å².